The molecular formula is C21H25N4O12P. The number of carbonyl (C=O) groups is 2. The highest BCUT2D eigenvalue weighted by Gasteiger charge is 2.41. The third-order valence-corrected chi connectivity index (χ3v) is 5.96. The maximum Gasteiger partial charge on any atom is 0.469 e. The number of phosphoric acid groups is 1. The van der Waals surface area contributed by atoms with Crippen LogP contribution in [0.3, 0.4) is 0 Å². The lowest BCUT2D eigenvalue weighted by Crippen LogP contribution is -2.29. The number of nitro benzene ring substituents is 1. The average Bonchev–Trinajstić information content (AvgIpc) is 3.18. The Kier molecular flexibility index (Phi) is 9.09. The molecule has 2 heterocycles. The summed E-state index contributed by atoms with van der Waals surface area (Å²) in [4.78, 5) is 68.8. The number of amides is 1. The van der Waals surface area contributed by atoms with Crippen LogP contribution in [-0.4, -0.2) is 61.9 Å². The van der Waals surface area contributed by atoms with Gasteiger partial charge in [0.25, 0.3) is 0 Å². The SMILES string of the molecule is COc1cc(C(C)=O)c(COC[C@H]2O[C@@H](n3ccc(NC(C)=O)nc3=O)C[C@@H]2OP(=O)(O)O)cc1[N+](=O)[O-]. The van der Waals surface area contributed by atoms with E-state index < -0.39 is 48.6 Å². The van der Waals surface area contributed by atoms with Gasteiger partial charge < -0.3 is 29.3 Å². The number of carbonyl (C=O) groups excluding carboxylic acids is 2. The van der Waals surface area contributed by atoms with Gasteiger partial charge in [-0.1, -0.05) is 0 Å². The first-order chi connectivity index (χ1) is 17.8. The second kappa shape index (κ2) is 11.9. The van der Waals surface area contributed by atoms with E-state index >= 15 is 0 Å². The number of ketones is 1. The van der Waals surface area contributed by atoms with Gasteiger partial charge in [-0.3, -0.25) is 28.8 Å². The van der Waals surface area contributed by atoms with Crippen molar-refractivity contribution in [1.82, 2.24) is 9.55 Å². The quantitative estimate of drug-likeness (QED) is 0.154. The first-order valence-corrected chi connectivity index (χ1v) is 12.5. The van der Waals surface area contributed by atoms with E-state index in [0.29, 0.717) is 0 Å². The van der Waals surface area contributed by atoms with Gasteiger partial charge in [0.2, 0.25) is 5.91 Å². The van der Waals surface area contributed by atoms with Crippen LogP contribution in [0, 0.1) is 10.1 Å². The minimum absolute atomic E-state index is 0.00880. The topological polar surface area (TPSA) is 219 Å². The molecule has 1 amide bonds. The molecule has 1 fully saturated rings. The van der Waals surface area contributed by atoms with Gasteiger partial charge in [0.15, 0.2) is 11.5 Å². The maximum atomic E-state index is 12.4. The van der Waals surface area contributed by atoms with Gasteiger partial charge in [-0.25, -0.2) is 9.36 Å². The normalized spacial score (nSPS) is 19.2. The summed E-state index contributed by atoms with van der Waals surface area (Å²) in [5, 5.41) is 13.7. The van der Waals surface area contributed by atoms with Crippen molar-refractivity contribution in [2.24, 2.45) is 0 Å². The Labute approximate surface area is 214 Å². The highest BCUT2D eigenvalue weighted by atomic mass is 31.2. The van der Waals surface area contributed by atoms with Crippen molar-refractivity contribution in [3.63, 3.8) is 0 Å². The summed E-state index contributed by atoms with van der Waals surface area (Å²) < 4.78 is 33.8. The molecule has 1 aliphatic rings. The van der Waals surface area contributed by atoms with E-state index in [0.717, 1.165) is 10.6 Å². The Hall–Kier alpha value is -3.53. The number of nitrogens with one attached hydrogen (secondary N) is 1. The lowest BCUT2D eigenvalue weighted by molar-refractivity contribution is -0.385. The minimum atomic E-state index is -4.96. The van der Waals surface area contributed by atoms with Crippen molar-refractivity contribution in [1.29, 1.82) is 0 Å². The van der Waals surface area contributed by atoms with Crippen LogP contribution in [0.15, 0.2) is 29.2 Å². The Morgan fingerprint density at radius 3 is 2.61 bits per heavy atom. The minimum Gasteiger partial charge on any atom is -0.490 e. The van der Waals surface area contributed by atoms with Crippen LogP contribution < -0.4 is 15.7 Å². The second-order valence-electron chi connectivity index (χ2n) is 8.19. The highest BCUT2D eigenvalue weighted by molar-refractivity contribution is 7.46. The number of methoxy groups -OCH3 is 1. The molecule has 0 radical (unpaired) electrons. The number of Topliss-reactive ketones (excluding diaryl/α,β-unsaturated/α-hetero) is 1. The van der Waals surface area contributed by atoms with E-state index in [9.17, 15) is 38.8 Å². The van der Waals surface area contributed by atoms with Crippen molar-refractivity contribution in [3.05, 3.63) is 56.1 Å². The largest absolute Gasteiger partial charge is 0.490 e. The third kappa shape index (κ3) is 7.28. The number of benzene rings is 1. The molecule has 1 saturated heterocycles. The molecule has 0 unspecified atom stereocenters. The zero-order valence-electron chi connectivity index (χ0n) is 20.4. The fourth-order valence-corrected chi connectivity index (χ4v) is 4.41. The molecule has 206 valence electrons. The molecule has 1 aliphatic heterocycles. The fourth-order valence-electron chi connectivity index (χ4n) is 3.84. The van der Waals surface area contributed by atoms with Crippen molar-refractivity contribution >= 4 is 31.0 Å². The molecule has 2 aromatic rings. The number of hydrogen-bond donors (Lipinski definition) is 3. The molecule has 3 N–H and O–H groups in total. The number of nitro groups is 1. The van der Waals surface area contributed by atoms with Crippen molar-refractivity contribution in [2.75, 3.05) is 19.0 Å². The van der Waals surface area contributed by atoms with Crippen LogP contribution in [0.25, 0.3) is 0 Å². The molecule has 3 atom stereocenters. The number of phosphoric ester groups is 1. The van der Waals surface area contributed by atoms with Gasteiger partial charge in [0.1, 0.15) is 24.3 Å². The van der Waals surface area contributed by atoms with Crippen molar-refractivity contribution < 1.29 is 47.6 Å². The summed E-state index contributed by atoms with van der Waals surface area (Å²) in [7, 11) is -3.74. The van der Waals surface area contributed by atoms with Gasteiger partial charge in [0.05, 0.1) is 25.2 Å². The lowest BCUT2D eigenvalue weighted by Gasteiger charge is -2.19. The summed E-state index contributed by atoms with van der Waals surface area (Å²) in [6.45, 7) is 1.90. The molecule has 0 spiro atoms. The average molecular weight is 556 g/mol. The van der Waals surface area contributed by atoms with Crippen LogP contribution in [0.4, 0.5) is 11.5 Å². The van der Waals surface area contributed by atoms with Crippen LogP contribution in [-0.2, 0) is 30.0 Å². The molecule has 1 aromatic heterocycles. The van der Waals surface area contributed by atoms with E-state index in [2.05, 4.69) is 10.3 Å². The van der Waals surface area contributed by atoms with Crippen LogP contribution in [0.1, 0.15) is 42.4 Å². The number of nitrogens with zero attached hydrogens (tertiary/aromatic N) is 3. The molecule has 0 bridgehead atoms. The van der Waals surface area contributed by atoms with Crippen molar-refractivity contribution in [3.8, 4) is 5.75 Å². The van der Waals surface area contributed by atoms with Crippen molar-refractivity contribution in [2.45, 2.75) is 45.3 Å². The standard InChI is InChI=1S/C21H25N4O12P/c1-11(26)14-7-16(34-3)15(25(29)30)6-13(14)9-35-10-18-17(37-38(31,32)33)8-20(36-18)24-5-4-19(22-12(2)27)23-21(24)28/h4-7,17-18,20H,8-10H2,1-3H3,(H2,31,32,33)(H,22,23,27,28)/t17-,18+,20+/m0/s1. The second-order valence-corrected chi connectivity index (χ2v) is 9.38. The Bertz CT molecular complexity index is 1340. The Morgan fingerprint density at radius 1 is 1.34 bits per heavy atom. The fraction of sp³-hybridized carbons (Fsp3) is 0.429. The van der Waals surface area contributed by atoms with Gasteiger partial charge in [-0.15, -0.1) is 0 Å². The monoisotopic (exact) mass is 556 g/mol. The number of rotatable bonds is 11. The zero-order valence-corrected chi connectivity index (χ0v) is 21.3. The molecule has 1 aromatic carbocycles. The van der Waals surface area contributed by atoms with Gasteiger partial charge in [0, 0.05) is 31.2 Å². The number of anilines is 1. The summed E-state index contributed by atoms with van der Waals surface area (Å²) >= 11 is 0. The lowest BCUT2D eigenvalue weighted by atomic mass is 10.0. The summed E-state index contributed by atoms with van der Waals surface area (Å²) in [6.07, 6.45) is -2.20. The molecule has 0 saturated carbocycles. The van der Waals surface area contributed by atoms with Gasteiger partial charge in [-0.2, -0.15) is 4.98 Å². The number of aromatic nitrogens is 2. The maximum absolute atomic E-state index is 12.4. The molecule has 16 nitrogen and oxygen atoms in total. The van der Waals surface area contributed by atoms with Crippen LogP contribution in [0.5, 0.6) is 5.75 Å². The van der Waals surface area contributed by atoms with Gasteiger partial charge >= 0.3 is 19.2 Å². The van der Waals surface area contributed by atoms with E-state index in [-0.39, 0.29) is 48.0 Å². The molecule has 38 heavy (non-hydrogen) atoms. The van der Waals surface area contributed by atoms with E-state index in [1.807, 2.05) is 0 Å². The first-order valence-electron chi connectivity index (χ1n) is 11.0. The number of hydrogen-bond acceptors (Lipinski definition) is 11. The summed E-state index contributed by atoms with van der Waals surface area (Å²) in [5.41, 5.74) is -0.876. The summed E-state index contributed by atoms with van der Waals surface area (Å²) in [6, 6.07) is 3.71. The predicted molar refractivity (Wildman–Crippen MR) is 128 cm³/mol. The van der Waals surface area contributed by atoms with Gasteiger partial charge in [-0.05, 0) is 24.6 Å². The third-order valence-electron chi connectivity index (χ3n) is 5.42. The Morgan fingerprint density at radius 2 is 2.05 bits per heavy atom. The first kappa shape index (κ1) is 29.0. The van der Waals surface area contributed by atoms with Crippen LogP contribution >= 0.6 is 7.82 Å². The van der Waals surface area contributed by atoms with E-state index in [1.165, 1.54) is 39.3 Å². The smallest absolute Gasteiger partial charge is 0.469 e. The van der Waals surface area contributed by atoms with E-state index in [1.54, 1.807) is 0 Å². The Balaban J connectivity index is 1.79. The predicted octanol–water partition coefficient (Wildman–Crippen LogP) is 1.30. The highest BCUT2D eigenvalue weighted by Crippen LogP contribution is 2.43. The van der Waals surface area contributed by atoms with Crippen LogP contribution in [0.2, 0.25) is 0 Å². The molecular weight excluding hydrogens is 531 g/mol. The number of ether oxygens (including phenoxy) is 3. The molecule has 17 heteroatoms. The zero-order chi connectivity index (χ0) is 28.2. The molecule has 0 aliphatic carbocycles. The summed E-state index contributed by atoms with van der Waals surface area (Å²) in [5.74, 6) is -0.931. The van der Waals surface area contributed by atoms with E-state index in [4.69, 9.17) is 18.7 Å². The molecule has 3 rings (SSSR count).